The van der Waals surface area contributed by atoms with E-state index in [1.54, 1.807) is 18.5 Å². The molecule has 0 fully saturated rings. The molecule has 5 rings (SSSR count). The van der Waals surface area contributed by atoms with Crippen LogP contribution in [0, 0.1) is 0 Å². The number of rotatable bonds is 4. The Balaban J connectivity index is 1.42. The monoisotopic (exact) mass is 459 g/mol. The average molecular weight is 459 g/mol. The third-order valence-electron chi connectivity index (χ3n) is 5.96. The number of imidazole rings is 1. The summed E-state index contributed by atoms with van der Waals surface area (Å²) in [5.74, 6) is -0.220. The molecule has 1 amide bonds. The molecular formula is C27H20F3N3O. The maximum absolute atomic E-state index is 13.0. The summed E-state index contributed by atoms with van der Waals surface area (Å²) in [6.45, 7) is 1.91. The molecule has 34 heavy (non-hydrogen) atoms. The van der Waals surface area contributed by atoms with Crippen LogP contribution in [-0.2, 0) is 6.18 Å². The zero-order valence-electron chi connectivity index (χ0n) is 18.1. The molecule has 4 aromatic carbocycles. The summed E-state index contributed by atoms with van der Waals surface area (Å²) < 4.78 is 38.7. The van der Waals surface area contributed by atoms with Crippen LogP contribution in [0.25, 0.3) is 32.9 Å². The van der Waals surface area contributed by atoms with Crippen LogP contribution in [0.3, 0.4) is 0 Å². The van der Waals surface area contributed by atoms with Crippen molar-refractivity contribution in [3.8, 4) is 11.1 Å². The van der Waals surface area contributed by atoms with Gasteiger partial charge in [-0.05, 0) is 59.2 Å². The molecule has 0 aliphatic carbocycles. The molecule has 4 nitrogen and oxygen atoms in total. The van der Waals surface area contributed by atoms with Gasteiger partial charge in [0.15, 0.2) is 0 Å². The highest BCUT2D eigenvalue weighted by atomic mass is 19.4. The number of aromatic nitrogens is 2. The highest BCUT2D eigenvalue weighted by molar-refractivity contribution is 6.03. The van der Waals surface area contributed by atoms with Crippen LogP contribution in [0.2, 0.25) is 0 Å². The Bertz CT molecular complexity index is 1500. The second kappa shape index (κ2) is 8.33. The highest BCUT2D eigenvalue weighted by Crippen LogP contribution is 2.33. The first-order valence-corrected chi connectivity index (χ1v) is 10.7. The summed E-state index contributed by atoms with van der Waals surface area (Å²) in [4.78, 5) is 20.4. The number of carbonyl (C=O) groups is 1. The van der Waals surface area contributed by atoms with E-state index >= 15 is 0 Å². The predicted molar refractivity (Wildman–Crippen MR) is 126 cm³/mol. The maximum atomic E-state index is 13.0. The van der Waals surface area contributed by atoms with Crippen LogP contribution in [0.1, 0.15) is 34.5 Å². The molecule has 5 aromatic rings. The normalized spacial score (nSPS) is 12.7. The van der Waals surface area contributed by atoms with Crippen molar-refractivity contribution in [1.82, 2.24) is 15.3 Å². The molecule has 1 heterocycles. The van der Waals surface area contributed by atoms with Crippen LogP contribution >= 0.6 is 0 Å². The second-order valence-corrected chi connectivity index (χ2v) is 8.16. The third kappa shape index (κ3) is 4.01. The van der Waals surface area contributed by atoms with E-state index in [2.05, 4.69) is 15.3 Å². The lowest BCUT2D eigenvalue weighted by Crippen LogP contribution is -2.26. The van der Waals surface area contributed by atoms with Gasteiger partial charge in [-0.3, -0.25) is 4.79 Å². The maximum Gasteiger partial charge on any atom is 0.416 e. The summed E-state index contributed by atoms with van der Waals surface area (Å²) in [6, 6.07) is 21.5. The van der Waals surface area contributed by atoms with Crippen molar-refractivity contribution in [3.05, 3.63) is 102 Å². The summed E-state index contributed by atoms with van der Waals surface area (Å²) in [6.07, 6.45) is -2.75. The molecule has 0 radical (unpaired) electrons. The SMILES string of the molecule is C[C@@H](NC(=O)c1ccc2c(-c3ccc(C(F)(F)F)cc3)cccc2c1)c1cccc2[nH]cnc12. The number of hydrogen-bond acceptors (Lipinski definition) is 2. The standard InChI is InChI=1S/C27H20F3N3O/c1-16(21-5-3-7-24-25(21)32-15-31-24)33-26(34)19-10-13-23-18(14-19)4-2-6-22(23)17-8-11-20(12-9-17)27(28,29)30/h2-16H,1H3,(H,31,32)(H,33,34)/t16-/m1/s1. The molecule has 0 unspecified atom stereocenters. The molecule has 2 N–H and O–H groups in total. The van der Waals surface area contributed by atoms with Crippen molar-refractivity contribution in [3.63, 3.8) is 0 Å². The van der Waals surface area contributed by atoms with Crippen molar-refractivity contribution >= 4 is 27.7 Å². The molecule has 0 spiro atoms. The number of halogens is 3. The molecule has 170 valence electrons. The third-order valence-corrected chi connectivity index (χ3v) is 5.96. The van der Waals surface area contributed by atoms with Gasteiger partial charge in [0, 0.05) is 11.1 Å². The van der Waals surface area contributed by atoms with E-state index < -0.39 is 11.7 Å². The van der Waals surface area contributed by atoms with Gasteiger partial charge in [-0.15, -0.1) is 0 Å². The molecule has 0 bridgehead atoms. The van der Waals surface area contributed by atoms with Gasteiger partial charge >= 0.3 is 6.18 Å². The molecule has 0 aliphatic rings. The minimum absolute atomic E-state index is 0.220. The van der Waals surface area contributed by atoms with E-state index in [9.17, 15) is 18.0 Å². The number of alkyl halides is 3. The topological polar surface area (TPSA) is 57.8 Å². The Hall–Kier alpha value is -4.13. The number of carbonyl (C=O) groups excluding carboxylic acids is 1. The summed E-state index contributed by atoms with van der Waals surface area (Å²) in [5.41, 5.74) is 3.93. The number of para-hydroxylation sites is 1. The van der Waals surface area contributed by atoms with Crippen LogP contribution < -0.4 is 5.32 Å². The Morgan fingerprint density at radius 3 is 2.50 bits per heavy atom. The van der Waals surface area contributed by atoms with Crippen molar-refractivity contribution in [2.75, 3.05) is 0 Å². The number of nitrogens with one attached hydrogen (secondary N) is 2. The number of H-pyrrole nitrogens is 1. The quantitative estimate of drug-likeness (QED) is 0.307. The van der Waals surface area contributed by atoms with E-state index in [4.69, 9.17) is 0 Å². The first-order chi connectivity index (χ1) is 16.3. The van der Waals surface area contributed by atoms with Crippen LogP contribution in [-0.4, -0.2) is 15.9 Å². The van der Waals surface area contributed by atoms with Crippen LogP contribution in [0.15, 0.2) is 85.2 Å². The molecular weight excluding hydrogens is 439 g/mol. The first kappa shape index (κ1) is 21.7. The van der Waals surface area contributed by atoms with E-state index in [0.717, 1.165) is 45.1 Å². The van der Waals surface area contributed by atoms with Gasteiger partial charge in [0.2, 0.25) is 0 Å². The summed E-state index contributed by atoms with van der Waals surface area (Å²) in [5, 5.41) is 4.71. The molecule has 1 atom stereocenters. The lowest BCUT2D eigenvalue weighted by molar-refractivity contribution is -0.137. The number of aromatic amines is 1. The van der Waals surface area contributed by atoms with Crippen molar-refractivity contribution in [2.24, 2.45) is 0 Å². The minimum Gasteiger partial charge on any atom is -0.345 e. The molecule has 0 saturated carbocycles. The summed E-state index contributed by atoms with van der Waals surface area (Å²) >= 11 is 0. The van der Waals surface area contributed by atoms with E-state index in [-0.39, 0.29) is 11.9 Å². The average Bonchev–Trinajstić information content (AvgIpc) is 3.32. The van der Waals surface area contributed by atoms with E-state index in [0.29, 0.717) is 11.1 Å². The van der Waals surface area contributed by atoms with Gasteiger partial charge in [0.25, 0.3) is 5.91 Å². The zero-order chi connectivity index (χ0) is 23.9. The lowest BCUT2D eigenvalue weighted by Gasteiger charge is -2.15. The minimum atomic E-state index is -4.38. The number of benzene rings is 4. The fourth-order valence-corrected chi connectivity index (χ4v) is 4.21. The molecule has 1 aromatic heterocycles. The molecule has 0 aliphatic heterocycles. The van der Waals surface area contributed by atoms with Crippen molar-refractivity contribution in [1.29, 1.82) is 0 Å². The Morgan fingerprint density at radius 1 is 0.971 bits per heavy atom. The highest BCUT2D eigenvalue weighted by Gasteiger charge is 2.30. The second-order valence-electron chi connectivity index (χ2n) is 8.16. The first-order valence-electron chi connectivity index (χ1n) is 10.7. The zero-order valence-corrected chi connectivity index (χ0v) is 18.1. The van der Waals surface area contributed by atoms with Crippen molar-refractivity contribution < 1.29 is 18.0 Å². The van der Waals surface area contributed by atoms with Crippen molar-refractivity contribution in [2.45, 2.75) is 19.1 Å². The fourth-order valence-electron chi connectivity index (χ4n) is 4.21. The largest absolute Gasteiger partial charge is 0.416 e. The lowest BCUT2D eigenvalue weighted by atomic mass is 9.96. The van der Waals surface area contributed by atoms with Gasteiger partial charge in [0.1, 0.15) is 0 Å². The number of nitrogens with zero attached hydrogens (tertiary/aromatic N) is 1. The van der Waals surface area contributed by atoms with Gasteiger partial charge in [-0.2, -0.15) is 13.2 Å². The number of amides is 1. The Labute approximate surface area is 193 Å². The van der Waals surface area contributed by atoms with Gasteiger partial charge in [-0.1, -0.05) is 48.5 Å². The van der Waals surface area contributed by atoms with E-state index in [1.165, 1.54) is 12.1 Å². The van der Waals surface area contributed by atoms with Gasteiger partial charge < -0.3 is 10.3 Å². The number of hydrogen-bond donors (Lipinski definition) is 2. The fraction of sp³-hybridized carbons (Fsp3) is 0.111. The van der Waals surface area contributed by atoms with Crippen LogP contribution in [0.4, 0.5) is 13.2 Å². The van der Waals surface area contributed by atoms with Gasteiger partial charge in [-0.25, -0.2) is 4.98 Å². The predicted octanol–water partition coefficient (Wildman–Crippen LogP) is 6.89. The molecule has 7 heteroatoms. The smallest absolute Gasteiger partial charge is 0.345 e. The molecule has 0 saturated heterocycles. The van der Waals surface area contributed by atoms with Crippen LogP contribution in [0.5, 0.6) is 0 Å². The Kier molecular flexibility index (Phi) is 5.32. The van der Waals surface area contributed by atoms with E-state index in [1.807, 2.05) is 49.4 Å². The summed E-state index contributed by atoms with van der Waals surface area (Å²) in [7, 11) is 0. The Morgan fingerprint density at radius 2 is 1.74 bits per heavy atom. The number of fused-ring (bicyclic) bond motifs is 2. The van der Waals surface area contributed by atoms with Gasteiger partial charge in [0.05, 0.1) is 29.0 Å².